The fraction of sp³-hybridized carbons (Fsp3) is 0.429. The summed E-state index contributed by atoms with van der Waals surface area (Å²) >= 11 is 1.30. The van der Waals surface area contributed by atoms with Crippen LogP contribution in [0.2, 0.25) is 0 Å². The third kappa shape index (κ3) is 3.61. The minimum atomic E-state index is -0.296. The molecule has 1 aromatic heterocycles. The van der Waals surface area contributed by atoms with Gasteiger partial charge in [0.15, 0.2) is 0 Å². The molecule has 0 N–H and O–H groups in total. The van der Waals surface area contributed by atoms with Gasteiger partial charge in [-0.1, -0.05) is 11.5 Å². The number of aryl methyl sites for hydroxylation is 1. The van der Waals surface area contributed by atoms with Crippen molar-refractivity contribution in [1.29, 1.82) is 0 Å². The summed E-state index contributed by atoms with van der Waals surface area (Å²) in [4.78, 5) is 21.6. The van der Waals surface area contributed by atoms with Crippen molar-refractivity contribution in [3.63, 3.8) is 0 Å². The molecule has 4 nitrogen and oxygen atoms in total. The maximum absolute atomic E-state index is 10.9. The molecular formula is C7H10ClNO3S. The molecular weight excluding hydrogens is 214 g/mol. The SMILES string of the molecule is COC(=O)CCn1sccc1=O.Cl. The van der Waals surface area contributed by atoms with Gasteiger partial charge in [-0.15, -0.1) is 12.4 Å². The van der Waals surface area contributed by atoms with E-state index in [1.807, 2.05) is 0 Å². The highest BCUT2D eigenvalue weighted by atomic mass is 35.5. The van der Waals surface area contributed by atoms with E-state index in [9.17, 15) is 9.59 Å². The number of halogens is 1. The molecule has 0 spiro atoms. The Hall–Kier alpha value is -0.810. The molecule has 0 atom stereocenters. The highest BCUT2D eigenvalue weighted by Gasteiger charge is 2.02. The number of rotatable bonds is 3. The lowest BCUT2D eigenvalue weighted by atomic mass is 10.4. The van der Waals surface area contributed by atoms with Gasteiger partial charge in [-0.25, -0.2) is 0 Å². The summed E-state index contributed by atoms with van der Waals surface area (Å²) in [6.45, 7) is 0.406. The van der Waals surface area contributed by atoms with Gasteiger partial charge in [0.25, 0.3) is 5.56 Å². The standard InChI is InChI=1S/C7H9NO3S.ClH/c1-11-7(10)2-4-8-6(9)3-5-12-8;/h3,5H,2,4H2,1H3;1H. The minimum absolute atomic E-state index is 0. The number of hydrogen-bond donors (Lipinski definition) is 0. The Morgan fingerprint density at radius 3 is 2.85 bits per heavy atom. The zero-order chi connectivity index (χ0) is 8.97. The van der Waals surface area contributed by atoms with Gasteiger partial charge in [0.2, 0.25) is 0 Å². The molecule has 13 heavy (non-hydrogen) atoms. The van der Waals surface area contributed by atoms with Crippen LogP contribution < -0.4 is 5.56 Å². The van der Waals surface area contributed by atoms with Crippen LogP contribution in [-0.4, -0.2) is 17.0 Å². The smallest absolute Gasteiger partial charge is 0.307 e. The van der Waals surface area contributed by atoms with Crippen molar-refractivity contribution in [3.8, 4) is 0 Å². The average molecular weight is 224 g/mol. The van der Waals surface area contributed by atoms with Crippen molar-refractivity contribution in [3.05, 3.63) is 21.8 Å². The summed E-state index contributed by atoms with van der Waals surface area (Å²) in [6.07, 6.45) is 0.247. The second kappa shape index (κ2) is 5.77. The number of carbonyl (C=O) groups is 1. The van der Waals surface area contributed by atoms with Crippen molar-refractivity contribution in [2.24, 2.45) is 0 Å². The Balaban J connectivity index is 0.00000144. The van der Waals surface area contributed by atoms with E-state index < -0.39 is 0 Å². The molecule has 0 saturated heterocycles. The Bertz CT molecular complexity index is 320. The van der Waals surface area contributed by atoms with E-state index in [0.717, 1.165) is 0 Å². The molecule has 0 aliphatic rings. The summed E-state index contributed by atoms with van der Waals surface area (Å²) in [6, 6.07) is 1.47. The summed E-state index contributed by atoms with van der Waals surface area (Å²) < 4.78 is 5.95. The summed E-state index contributed by atoms with van der Waals surface area (Å²) in [5, 5.41) is 1.69. The van der Waals surface area contributed by atoms with Crippen LogP contribution in [0.25, 0.3) is 0 Å². The van der Waals surface area contributed by atoms with Crippen molar-refractivity contribution >= 4 is 29.9 Å². The van der Waals surface area contributed by atoms with Gasteiger partial charge in [-0.3, -0.25) is 13.5 Å². The Morgan fingerprint density at radius 2 is 2.38 bits per heavy atom. The van der Waals surface area contributed by atoms with Gasteiger partial charge in [0, 0.05) is 18.0 Å². The first kappa shape index (κ1) is 12.2. The van der Waals surface area contributed by atoms with Crippen LogP contribution in [0.15, 0.2) is 16.2 Å². The predicted octanol–water partition coefficient (Wildman–Crippen LogP) is 0.895. The highest BCUT2D eigenvalue weighted by Crippen LogP contribution is 1.95. The third-order valence-electron chi connectivity index (χ3n) is 1.39. The second-order valence-electron chi connectivity index (χ2n) is 2.17. The molecule has 0 fully saturated rings. The second-order valence-corrected chi connectivity index (χ2v) is 3.10. The monoisotopic (exact) mass is 223 g/mol. The van der Waals surface area contributed by atoms with Crippen LogP contribution in [0.1, 0.15) is 6.42 Å². The van der Waals surface area contributed by atoms with Crippen LogP contribution in [0.5, 0.6) is 0 Å². The van der Waals surface area contributed by atoms with E-state index in [1.165, 1.54) is 28.7 Å². The maximum atomic E-state index is 10.9. The van der Waals surface area contributed by atoms with Gasteiger partial charge in [0.1, 0.15) is 0 Å². The van der Waals surface area contributed by atoms with E-state index in [0.29, 0.717) is 6.54 Å². The van der Waals surface area contributed by atoms with Crippen molar-refractivity contribution in [2.45, 2.75) is 13.0 Å². The van der Waals surface area contributed by atoms with Gasteiger partial charge < -0.3 is 4.74 Å². The molecule has 0 bridgehead atoms. The maximum Gasteiger partial charge on any atom is 0.307 e. The van der Waals surface area contributed by atoms with E-state index in [-0.39, 0.29) is 30.4 Å². The number of hydrogen-bond acceptors (Lipinski definition) is 4. The van der Waals surface area contributed by atoms with Crippen LogP contribution in [0.3, 0.4) is 0 Å². The zero-order valence-corrected chi connectivity index (χ0v) is 8.69. The minimum Gasteiger partial charge on any atom is -0.469 e. The first-order valence-electron chi connectivity index (χ1n) is 3.45. The van der Waals surface area contributed by atoms with Crippen LogP contribution in [-0.2, 0) is 16.1 Å². The summed E-state index contributed by atoms with van der Waals surface area (Å²) in [7, 11) is 1.33. The zero-order valence-electron chi connectivity index (χ0n) is 7.06. The van der Waals surface area contributed by atoms with E-state index in [1.54, 1.807) is 5.38 Å². The molecule has 0 aliphatic carbocycles. The van der Waals surface area contributed by atoms with Crippen molar-refractivity contribution in [1.82, 2.24) is 3.96 Å². The van der Waals surface area contributed by atoms with Gasteiger partial charge >= 0.3 is 5.97 Å². The molecule has 0 aliphatic heterocycles. The molecule has 1 rings (SSSR count). The summed E-state index contributed by atoms with van der Waals surface area (Å²) in [5.41, 5.74) is -0.0658. The van der Waals surface area contributed by atoms with Crippen molar-refractivity contribution < 1.29 is 9.53 Å². The van der Waals surface area contributed by atoms with Gasteiger partial charge in [-0.05, 0) is 0 Å². The number of ether oxygens (including phenoxy) is 1. The van der Waals surface area contributed by atoms with Gasteiger partial charge in [-0.2, -0.15) is 0 Å². The highest BCUT2D eigenvalue weighted by molar-refractivity contribution is 7.04. The third-order valence-corrected chi connectivity index (χ3v) is 2.27. The average Bonchev–Trinajstić information content (AvgIpc) is 2.47. The molecule has 74 valence electrons. The lowest BCUT2D eigenvalue weighted by molar-refractivity contribution is -0.140. The number of methoxy groups -OCH3 is 1. The molecule has 0 unspecified atom stereocenters. The van der Waals surface area contributed by atoms with E-state index >= 15 is 0 Å². The topological polar surface area (TPSA) is 48.3 Å². The number of nitrogens with zero attached hydrogens (tertiary/aromatic N) is 1. The molecule has 0 radical (unpaired) electrons. The fourth-order valence-corrected chi connectivity index (χ4v) is 1.44. The summed E-state index contributed by atoms with van der Waals surface area (Å²) in [5.74, 6) is -0.296. The first-order valence-corrected chi connectivity index (χ1v) is 4.29. The lowest BCUT2D eigenvalue weighted by Gasteiger charge is -1.98. The molecule has 1 heterocycles. The van der Waals surface area contributed by atoms with Crippen molar-refractivity contribution in [2.75, 3.05) is 7.11 Å². The molecule has 0 aromatic carbocycles. The number of carbonyl (C=O) groups excluding carboxylic acids is 1. The van der Waals surface area contributed by atoms with Crippen LogP contribution in [0, 0.1) is 0 Å². The fourth-order valence-electron chi connectivity index (χ4n) is 0.755. The Labute approximate surface area is 85.7 Å². The normalized spacial score (nSPS) is 9.00. The van der Waals surface area contributed by atoms with Crippen LogP contribution >= 0.6 is 23.9 Å². The lowest BCUT2D eigenvalue weighted by Crippen LogP contribution is -2.14. The first-order chi connectivity index (χ1) is 5.74. The van der Waals surface area contributed by atoms with Crippen LogP contribution in [0.4, 0.5) is 0 Å². The largest absolute Gasteiger partial charge is 0.469 e. The molecule has 6 heteroatoms. The Kier molecular flexibility index (Phi) is 5.41. The molecule has 0 saturated carbocycles. The number of aromatic nitrogens is 1. The number of esters is 1. The quantitative estimate of drug-likeness (QED) is 0.716. The predicted molar refractivity (Wildman–Crippen MR) is 52.5 cm³/mol. The van der Waals surface area contributed by atoms with E-state index in [2.05, 4.69) is 4.74 Å². The molecule has 1 aromatic rings. The van der Waals surface area contributed by atoms with E-state index in [4.69, 9.17) is 0 Å². The van der Waals surface area contributed by atoms with Gasteiger partial charge in [0.05, 0.1) is 13.5 Å². The molecule has 0 amide bonds. The Morgan fingerprint density at radius 1 is 1.69 bits per heavy atom.